The molecule has 0 aromatic carbocycles. The predicted octanol–water partition coefficient (Wildman–Crippen LogP) is 2.67. The first kappa shape index (κ1) is 14.5. The van der Waals surface area contributed by atoms with Gasteiger partial charge in [0.1, 0.15) is 0 Å². The molecule has 2 rings (SSSR count). The van der Waals surface area contributed by atoms with Crippen LogP contribution in [-0.4, -0.2) is 36.0 Å². The zero-order valence-corrected chi connectivity index (χ0v) is 12.7. The lowest BCUT2D eigenvalue weighted by molar-refractivity contribution is -0.134. The minimum absolute atomic E-state index is 0.0759. The van der Waals surface area contributed by atoms with Crippen molar-refractivity contribution in [1.82, 2.24) is 10.2 Å². The SMILES string of the molecule is CC(Cc1cccs1)NC(C)C(=O)N1CCCCC1. The third-order valence-electron chi connectivity index (χ3n) is 3.66. The highest BCUT2D eigenvalue weighted by Gasteiger charge is 2.23. The zero-order chi connectivity index (χ0) is 13.7. The van der Waals surface area contributed by atoms with Gasteiger partial charge in [0.2, 0.25) is 5.91 Å². The first-order chi connectivity index (χ1) is 9.16. The van der Waals surface area contributed by atoms with Crippen LogP contribution in [0.4, 0.5) is 0 Å². The molecule has 4 heteroatoms. The minimum atomic E-state index is -0.0759. The lowest BCUT2D eigenvalue weighted by Crippen LogP contribution is -2.49. The number of carbonyl (C=O) groups is 1. The second-order valence-corrected chi connectivity index (χ2v) is 6.49. The number of nitrogens with one attached hydrogen (secondary N) is 1. The molecule has 1 aromatic heterocycles. The highest BCUT2D eigenvalue weighted by molar-refractivity contribution is 7.09. The van der Waals surface area contributed by atoms with Crippen molar-refractivity contribution >= 4 is 17.2 Å². The van der Waals surface area contributed by atoms with Gasteiger partial charge in [-0.3, -0.25) is 4.79 Å². The van der Waals surface area contributed by atoms with Crippen molar-refractivity contribution in [2.45, 2.75) is 51.6 Å². The molecule has 1 saturated heterocycles. The topological polar surface area (TPSA) is 32.3 Å². The standard InChI is InChI=1S/C15H24N2OS/c1-12(11-14-7-6-10-19-14)16-13(2)15(18)17-8-4-3-5-9-17/h6-7,10,12-13,16H,3-5,8-9,11H2,1-2H3. The Bertz CT molecular complexity index is 385. The summed E-state index contributed by atoms with van der Waals surface area (Å²) in [5, 5.41) is 5.53. The number of hydrogen-bond acceptors (Lipinski definition) is 3. The largest absolute Gasteiger partial charge is 0.341 e. The van der Waals surface area contributed by atoms with Gasteiger partial charge in [-0.2, -0.15) is 0 Å². The van der Waals surface area contributed by atoms with Crippen molar-refractivity contribution in [2.24, 2.45) is 0 Å². The van der Waals surface area contributed by atoms with Crippen molar-refractivity contribution in [2.75, 3.05) is 13.1 Å². The van der Waals surface area contributed by atoms with Crippen LogP contribution in [0.15, 0.2) is 17.5 Å². The molecule has 19 heavy (non-hydrogen) atoms. The Kier molecular flexibility index (Phi) is 5.40. The lowest BCUT2D eigenvalue weighted by Gasteiger charge is -2.30. The maximum atomic E-state index is 12.3. The van der Waals surface area contributed by atoms with Crippen LogP contribution in [-0.2, 0) is 11.2 Å². The van der Waals surface area contributed by atoms with Gasteiger partial charge in [0, 0.05) is 24.0 Å². The summed E-state index contributed by atoms with van der Waals surface area (Å²) in [7, 11) is 0. The number of thiophene rings is 1. The van der Waals surface area contributed by atoms with E-state index in [1.54, 1.807) is 11.3 Å². The average molecular weight is 280 g/mol. The van der Waals surface area contributed by atoms with Gasteiger partial charge in [0.15, 0.2) is 0 Å². The smallest absolute Gasteiger partial charge is 0.239 e. The fourth-order valence-corrected chi connectivity index (χ4v) is 3.51. The van der Waals surface area contributed by atoms with E-state index < -0.39 is 0 Å². The Morgan fingerprint density at radius 1 is 1.37 bits per heavy atom. The second kappa shape index (κ2) is 7.06. The van der Waals surface area contributed by atoms with Crippen LogP contribution in [0.25, 0.3) is 0 Å². The van der Waals surface area contributed by atoms with Gasteiger partial charge >= 0.3 is 0 Å². The van der Waals surface area contributed by atoms with Crippen molar-refractivity contribution in [3.05, 3.63) is 22.4 Å². The summed E-state index contributed by atoms with van der Waals surface area (Å²) in [6.07, 6.45) is 4.57. The third-order valence-corrected chi connectivity index (χ3v) is 4.56. The van der Waals surface area contributed by atoms with Gasteiger partial charge < -0.3 is 10.2 Å². The van der Waals surface area contributed by atoms with Gasteiger partial charge in [-0.1, -0.05) is 6.07 Å². The fourth-order valence-electron chi connectivity index (χ4n) is 2.68. The van der Waals surface area contributed by atoms with E-state index in [1.807, 2.05) is 11.8 Å². The highest BCUT2D eigenvalue weighted by atomic mass is 32.1. The molecule has 1 aromatic rings. The van der Waals surface area contributed by atoms with Crippen LogP contribution in [0.2, 0.25) is 0 Å². The first-order valence-corrected chi connectivity index (χ1v) is 8.12. The van der Waals surface area contributed by atoms with Gasteiger partial charge in [-0.15, -0.1) is 11.3 Å². The number of likely N-dealkylation sites (tertiary alicyclic amines) is 1. The van der Waals surface area contributed by atoms with Crippen LogP contribution < -0.4 is 5.32 Å². The first-order valence-electron chi connectivity index (χ1n) is 7.24. The van der Waals surface area contributed by atoms with Crippen molar-refractivity contribution in [3.63, 3.8) is 0 Å². The molecular weight excluding hydrogens is 256 g/mol. The molecule has 106 valence electrons. The summed E-state index contributed by atoms with van der Waals surface area (Å²) in [5.74, 6) is 0.262. The van der Waals surface area contributed by atoms with Gasteiger partial charge in [0.25, 0.3) is 0 Å². The summed E-state index contributed by atoms with van der Waals surface area (Å²) in [4.78, 5) is 15.7. The molecular formula is C15H24N2OS. The molecule has 1 N–H and O–H groups in total. The summed E-state index contributed by atoms with van der Waals surface area (Å²) >= 11 is 1.78. The normalized spacial score (nSPS) is 19.2. The van der Waals surface area contributed by atoms with E-state index in [0.29, 0.717) is 6.04 Å². The van der Waals surface area contributed by atoms with E-state index in [4.69, 9.17) is 0 Å². The third kappa shape index (κ3) is 4.32. The molecule has 2 atom stereocenters. The Labute approximate surface area is 120 Å². The molecule has 0 radical (unpaired) electrons. The number of nitrogens with zero attached hydrogens (tertiary/aromatic N) is 1. The summed E-state index contributed by atoms with van der Waals surface area (Å²) in [5.41, 5.74) is 0. The molecule has 1 fully saturated rings. The molecule has 1 aliphatic heterocycles. The second-order valence-electron chi connectivity index (χ2n) is 5.46. The maximum absolute atomic E-state index is 12.3. The molecule has 0 aliphatic carbocycles. The molecule has 0 spiro atoms. The Balaban J connectivity index is 1.78. The van der Waals surface area contributed by atoms with E-state index >= 15 is 0 Å². The molecule has 3 nitrogen and oxygen atoms in total. The molecule has 0 saturated carbocycles. The van der Waals surface area contributed by atoms with E-state index in [0.717, 1.165) is 32.4 Å². The number of carbonyl (C=O) groups excluding carboxylic acids is 1. The van der Waals surface area contributed by atoms with Gasteiger partial charge in [-0.25, -0.2) is 0 Å². The Morgan fingerprint density at radius 3 is 2.74 bits per heavy atom. The van der Waals surface area contributed by atoms with Crippen LogP contribution in [0, 0.1) is 0 Å². The van der Waals surface area contributed by atoms with Gasteiger partial charge in [-0.05, 0) is 51.0 Å². The summed E-state index contributed by atoms with van der Waals surface area (Å²) < 4.78 is 0. The molecule has 2 unspecified atom stereocenters. The lowest BCUT2D eigenvalue weighted by atomic mass is 10.1. The maximum Gasteiger partial charge on any atom is 0.239 e. The van der Waals surface area contributed by atoms with Crippen LogP contribution >= 0.6 is 11.3 Å². The number of rotatable bonds is 5. The van der Waals surface area contributed by atoms with E-state index in [1.165, 1.54) is 11.3 Å². The van der Waals surface area contributed by atoms with Crippen LogP contribution in [0.1, 0.15) is 38.0 Å². The van der Waals surface area contributed by atoms with Crippen molar-refractivity contribution < 1.29 is 4.79 Å². The predicted molar refractivity (Wildman–Crippen MR) is 80.5 cm³/mol. The monoisotopic (exact) mass is 280 g/mol. The highest BCUT2D eigenvalue weighted by Crippen LogP contribution is 2.13. The quantitative estimate of drug-likeness (QED) is 0.899. The minimum Gasteiger partial charge on any atom is -0.341 e. The molecule has 2 heterocycles. The fraction of sp³-hybridized carbons (Fsp3) is 0.667. The summed E-state index contributed by atoms with van der Waals surface area (Å²) in [6.45, 7) is 6.01. The van der Waals surface area contributed by atoms with Crippen LogP contribution in [0.5, 0.6) is 0 Å². The van der Waals surface area contributed by atoms with Crippen molar-refractivity contribution in [1.29, 1.82) is 0 Å². The van der Waals surface area contributed by atoms with E-state index in [-0.39, 0.29) is 11.9 Å². The number of amides is 1. The average Bonchev–Trinajstić information content (AvgIpc) is 2.91. The van der Waals surface area contributed by atoms with Gasteiger partial charge in [0.05, 0.1) is 6.04 Å². The number of piperidine rings is 1. The van der Waals surface area contributed by atoms with Crippen LogP contribution in [0.3, 0.4) is 0 Å². The van der Waals surface area contributed by atoms with Crippen molar-refractivity contribution in [3.8, 4) is 0 Å². The Morgan fingerprint density at radius 2 is 2.11 bits per heavy atom. The van der Waals surface area contributed by atoms with E-state index in [9.17, 15) is 4.79 Å². The molecule has 1 amide bonds. The Hall–Kier alpha value is -0.870. The zero-order valence-electron chi connectivity index (χ0n) is 11.9. The molecule has 0 bridgehead atoms. The molecule has 1 aliphatic rings. The summed E-state index contributed by atoms with van der Waals surface area (Å²) in [6, 6.07) is 4.49. The van der Waals surface area contributed by atoms with E-state index in [2.05, 4.69) is 29.8 Å². The number of hydrogen-bond donors (Lipinski definition) is 1.